The maximum Gasteiger partial charge on any atom is 0.287 e. The second kappa shape index (κ2) is 7.72. The third-order valence-electron chi connectivity index (χ3n) is 5.94. The van der Waals surface area contributed by atoms with E-state index in [4.69, 9.17) is 9.15 Å². The highest BCUT2D eigenvalue weighted by atomic mass is 16.5. The van der Waals surface area contributed by atoms with Crippen molar-refractivity contribution in [2.75, 3.05) is 19.7 Å². The van der Waals surface area contributed by atoms with Gasteiger partial charge in [-0.2, -0.15) is 0 Å². The summed E-state index contributed by atoms with van der Waals surface area (Å²) in [5, 5.41) is 3.27. The first-order valence-electron chi connectivity index (χ1n) is 10.2. The molecule has 0 saturated carbocycles. The first kappa shape index (κ1) is 19.2. The quantitative estimate of drug-likeness (QED) is 0.879. The van der Waals surface area contributed by atoms with Crippen LogP contribution in [0.1, 0.15) is 53.6 Å². The van der Waals surface area contributed by atoms with Crippen LogP contribution < -0.4 is 5.32 Å². The van der Waals surface area contributed by atoms with Crippen LogP contribution in [0.25, 0.3) is 0 Å². The summed E-state index contributed by atoms with van der Waals surface area (Å²) < 4.78 is 11.1. The average Bonchev–Trinajstić information content (AvgIpc) is 3.11. The van der Waals surface area contributed by atoms with Crippen LogP contribution in [0, 0.1) is 5.41 Å². The van der Waals surface area contributed by atoms with E-state index in [9.17, 15) is 4.79 Å². The van der Waals surface area contributed by atoms with E-state index >= 15 is 0 Å². The summed E-state index contributed by atoms with van der Waals surface area (Å²) in [6.07, 6.45) is 3.46. The molecular formula is C23H30N2O3. The van der Waals surface area contributed by atoms with Crippen LogP contribution >= 0.6 is 0 Å². The van der Waals surface area contributed by atoms with E-state index < -0.39 is 0 Å². The molecule has 1 N–H and O–H groups in total. The van der Waals surface area contributed by atoms with Crippen molar-refractivity contribution >= 4 is 5.91 Å². The lowest BCUT2D eigenvalue weighted by Gasteiger charge is -2.37. The van der Waals surface area contributed by atoms with Gasteiger partial charge in [0.15, 0.2) is 5.76 Å². The van der Waals surface area contributed by atoms with E-state index in [0.717, 1.165) is 43.6 Å². The Labute approximate surface area is 167 Å². The number of benzene rings is 1. The number of nitrogens with one attached hydrogen (secondary N) is 1. The fourth-order valence-electron chi connectivity index (χ4n) is 4.09. The van der Waals surface area contributed by atoms with Crippen LogP contribution in [0.3, 0.4) is 0 Å². The van der Waals surface area contributed by atoms with Gasteiger partial charge < -0.3 is 14.5 Å². The number of rotatable bonds is 4. The van der Waals surface area contributed by atoms with Crippen molar-refractivity contribution in [1.29, 1.82) is 0 Å². The number of carbonyl (C=O) groups is 1. The molecule has 2 aliphatic rings. The molecule has 0 spiro atoms. The minimum absolute atomic E-state index is 0.0332. The summed E-state index contributed by atoms with van der Waals surface area (Å²) in [6.45, 7) is 10.5. The van der Waals surface area contributed by atoms with Crippen LogP contribution in [0.2, 0.25) is 0 Å². The molecule has 2 aliphatic heterocycles. The lowest BCUT2D eigenvalue weighted by atomic mass is 9.85. The van der Waals surface area contributed by atoms with Gasteiger partial charge in [0.05, 0.1) is 19.5 Å². The number of amides is 1. The third-order valence-corrected chi connectivity index (χ3v) is 5.94. The highest BCUT2D eigenvalue weighted by Gasteiger charge is 2.32. The Balaban J connectivity index is 1.47. The molecule has 0 radical (unpaired) electrons. The smallest absolute Gasteiger partial charge is 0.287 e. The topological polar surface area (TPSA) is 54.7 Å². The number of nitrogens with zero attached hydrogens (tertiary/aromatic N) is 1. The average molecular weight is 383 g/mol. The zero-order chi connectivity index (χ0) is 19.7. The van der Waals surface area contributed by atoms with Gasteiger partial charge in [-0.05, 0) is 23.0 Å². The number of hydrogen-bond donors (Lipinski definition) is 1. The lowest BCUT2D eigenvalue weighted by Crippen LogP contribution is -2.51. The van der Waals surface area contributed by atoms with E-state index in [0.29, 0.717) is 19.0 Å². The Bertz CT molecular complexity index is 850. The van der Waals surface area contributed by atoms with Crippen LogP contribution in [0.5, 0.6) is 0 Å². The van der Waals surface area contributed by atoms with E-state index in [1.54, 1.807) is 6.26 Å². The Hall–Kier alpha value is -2.11. The summed E-state index contributed by atoms with van der Waals surface area (Å²) in [6, 6.07) is 8.69. The number of furan rings is 1. The van der Waals surface area contributed by atoms with Crippen molar-refractivity contribution in [3.05, 3.63) is 58.5 Å². The molecule has 0 aliphatic carbocycles. The standard InChI is InChI=1S/C23H30N2O3/c1-23(2,3)20(13-25-10-8-16-6-4-5-7-17(16)12-25)24-22(26)21-19-9-11-27-14-18(19)15-28-21/h4-7,15,20H,8-14H2,1-3H3,(H,24,26). The SMILES string of the molecule is CC(C)(C)C(CN1CCc2ccccc2C1)NC(=O)c1occ2c1CCOC2. The number of carbonyl (C=O) groups excluding carboxylic acids is 1. The lowest BCUT2D eigenvalue weighted by molar-refractivity contribution is 0.0831. The summed E-state index contributed by atoms with van der Waals surface area (Å²) in [4.78, 5) is 15.5. The van der Waals surface area contributed by atoms with Crippen molar-refractivity contribution in [1.82, 2.24) is 10.2 Å². The molecule has 0 fully saturated rings. The minimum atomic E-state index is -0.111. The number of hydrogen-bond acceptors (Lipinski definition) is 4. The molecule has 1 unspecified atom stereocenters. The second-order valence-electron chi connectivity index (χ2n) is 9.02. The minimum Gasteiger partial charge on any atom is -0.459 e. The van der Waals surface area contributed by atoms with Gasteiger partial charge in [-0.25, -0.2) is 0 Å². The Kier molecular flexibility index (Phi) is 5.30. The van der Waals surface area contributed by atoms with Crippen molar-refractivity contribution in [3.8, 4) is 0 Å². The first-order chi connectivity index (χ1) is 13.4. The number of fused-ring (bicyclic) bond motifs is 2. The Morgan fingerprint density at radius 1 is 1.18 bits per heavy atom. The van der Waals surface area contributed by atoms with Gasteiger partial charge >= 0.3 is 0 Å². The molecule has 28 heavy (non-hydrogen) atoms. The summed E-state index contributed by atoms with van der Waals surface area (Å²) in [5.41, 5.74) is 4.79. The van der Waals surface area contributed by atoms with Gasteiger partial charge in [0.25, 0.3) is 5.91 Å². The van der Waals surface area contributed by atoms with Gasteiger partial charge in [0.2, 0.25) is 0 Å². The van der Waals surface area contributed by atoms with E-state index in [-0.39, 0.29) is 17.4 Å². The fraction of sp³-hybridized carbons (Fsp3) is 0.522. The zero-order valence-corrected chi connectivity index (χ0v) is 17.1. The molecule has 5 heteroatoms. The summed E-state index contributed by atoms with van der Waals surface area (Å²) in [5.74, 6) is 0.344. The molecule has 5 nitrogen and oxygen atoms in total. The third kappa shape index (κ3) is 4.01. The molecule has 2 aromatic rings. The van der Waals surface area contributed by atoms with Gasteiger partial charge in [-0.1, -0.05) is 45.0 Å². The molecule has 0 bridgehead atoms. The molecule has 3 heterocycles. The van der Waals surface area contributed by atoms with Crippen molar-refractivity contribution < 1.29 is 13.9 Å². The highest BCUT2D eigenvalue weighted by molar-refractivity contribution is 5.93. The maximum atomic E-state index is 13.0. The van der Waals surface area contributed by atoms with Gasteiger partial charge in [0, 0.05) is 43.2 Å². The summed E-state index contributed by atoms with van der Waals surface area (Å²) >= 11 is 0. The van der Waals surface area contributed by atoms with Crippen LogP contribution in [-0.4, -0.2) is 36.5 Å². The maximum absolute atomic E-state index is 13.0. The largest absolute Gasteiger partial charge is 0.459 e. The van der Waals surface area contributed by atoms with Gasteiger partial charge in [0.1, 0.15) is 0 Å². The molecular weight excluding hydrogens is 352 g/mol. The first-order valence-corrected chi connectivity index (χ1v) is 10.2. The molecule has 0 saturated heterocycles. The molecule has 1 amide bonds. The Morgan fingerprint density at radius 2 is 1.96 bits per heavy atom. The van der Waals surface area contributed by atoms with E-state index in [1.165, 1.54) is 11.1 Å². The predicted molar refractivity (Wildman–Crippen MR) is 108 cm³/mol. The highest BCUT2D eigenvalue weighted by Crippen LogP contribution is 2.26. The van der Waals surface area contributed by atoms with E-state index in [2.05, 4.69) is 55.3 Å². The van der Waals surface area contributed by atoms with Crippen molar-refractivity contribution in [2.24, 2.45) is 5.41 Å². The van der Waals surface area contributed by atoms with E-state index in [1.807, 2.05) is 0 Å². The van der Waals surface area contributed by atoms with Crippen molar-refractivity contribution in [3.63, 3.8) is 0 Å². The van der Waals surface area contributed by atoms with Crippen LogP contribution in [-0.2, 0) is 30.7 Å². The van der Waals surface area contributed by atoms with Gasteiger partial charge in [-0.15, -0.1) is 0 Å². The molecule has 4 rings (SSSR count). The summed E-state index contributed by atoms with van der Waals surface area (Å²) in [7, 11) is 0. The van der Waals surface area contributed by atoms with Gasteiger partial charge in [-0.3, -0.25) is 9.69 Å². The monoisotopic (exact) mass is 382 g/mol. The van der Waals surface area contributed by atoms with Crippen LogP contribution in [0.4, 0.5) is 0 Å². The predicted octanol–water partition coefficient (Wildman–Crippen LogP) is 3.56. The molecule has 150 valence electrons. The molecule has 1 atom stereocenters. The molecule has 1 aromatic carbocycles. The fourth-order valence-corrected chi connectivity index (χ4v) is 4.09. The normalized spacial score (nSPS) is 18.2. The Morgan fingerprint density at radius 3 is 2.75 bits per heavy atom. The second-order valence-corrected chi connectivity index (χ2v) is 9.02. The van der Waals surface area contributed by atoms with Crippen LogP contribution in [0.15, 0.2) is 34.9 Å². The molecule has 1 aromatic heterocycles. The van der Waals surface area contributed by atoms with Crippen molar-refractivity contribution in [2.45, 2.75) is 52.8 Å². The zero-order valence-electron chi connectivity index (χ0n) is 17.1. The number of ether oxygens (including phenoxy) is 1.